The zero-order valence-electron chi connectivity index (χ0n) is 7.86. The number of nitrogens with zero attached hydrogens (tertiary/aromatic N) is 1. The summed E-state index contributed by atoms with van der Waals surface area (Å²) in [5.74, 6) is 0.691. The molecule has 0 radical (unpaired) electrons. The molecule has 0 aliphatic heterocycles. The second-order valence-electron chi connectivity index (χ2n) is 3.15. The van der Waals surface area contributed by atoms with E-state index < -0.39 is 0 Å². The van der Waals surface area contributed by atoms with Crippen LogP contribution in [0.3, 0.4) is 0 Å². The molecule has 0 bridgehead atoms. The fourth-order valence-corrected chi connectivity index (χ4v) is 1.38. The highest BCUT2D eigenvalue weighted by atomic mass is 16.3. The van der Waals surface area contributed by atoms with Crippen molar-refractivity contribution < 1.29 is 4.42 Å². The van der Waals surface area contributed by atoms with Crippen LogP contribution in [0.15, 0.2) is 22.6 Å². The molecule has 4 heteroatoms. The lowest BCUT2D eigenvalue weighted by atomic mass is 10.2. The molecule has 0 atom stereocenters. The molecule has 74 valence electrons. The second kappa shape index (κ2) is 3.77. The van der Waals surface area contributed by atoms with E-state index in [4.69, 9.17) is 15.9 Å². The standard InChI is InChI=1S/C10H13N3O/c11-4-3-10-13-8-5-7(6-12)1-2-9(8)14-10/h1-2,5H,3-4,6,11-12H2. The Morgan fingerprint density at radius 3 is 2.86 bits per heavy atom. The van der Waals surface area contributed by atoms with Crippen LogP contribution >= 0.6 is 0 Å². The van der Waals surface area contributed by atoms with Crippen LogP contribution in [-0.2, 0) is 13.0 Å². The van der Waals surface area contributed by atoms with Crippen molar-refractivity contribution in [3.8, 4) is 0 Å². The van der Waals surface area contributed by atoms with Gasteiger partial charge >= 0.3 is 0 Å². The number of fused-ring (bicyclic) bond motifs is 1. The molecule has 0 fully saturated rings. The van der Waals surface area contributed by atoms with Gasteiger partial charge in [-0.15, -0.1) is 0 Å². The van der Waals surface area contributed by atoms with E-state index in [1.807, 2.05) is 18.2 Å². The van der Waals surface area contributed by atoms with Crippen molar-refractivity contribution >= 4 is 11.1 Å². The molecular weight excluding hydrogens is 178 g/mol. The highest BCUT2D eigenvalue weighted by molar-refractivity contribution is 5.73. The molecule has 2 aromatic rings. The first-order chi connectivity index (χ1) is 6.83. The summed E-state index contributed by atoms with van der Waals surface area (Å²) in [6.07, 6.45) is 0.673. The van der Waals surface area contributed by atoms with Crippen molar-refractivity contribution in [3.05, 3.63) is 29.7 Å². The summed E-state index contributed by atoms with van der Waals surface area (Å²) >= 11 is 0. The van der Waals surface area contributed by atoms with E-state index in [1.54, 1.807) is 0 Å². The van der Waals surface area contributed by atoms with E-state index in [1.165, 1.54) is 0 Å². The van der Waals surface area contributed by atoms with Crippen molar-refractivity contribution in [1.82, 2.24) is 4.98 Å². The van der Waals surface area contributed by atoms with Gasteiger partial charge in [0, 0.05) is 19.5 Å². The number of hydrogen-bond donors (Lipinski definition) is 2. The molecule has 0 aliphatic carbocycles. The van der Waals surface area contributed by atoms with Crippen LogP contribution in [0.5, 0.6) is 0 Å². The number of aromatic nitrogens is 1. The van der Waals surface area contributed by atoms with E-state index in [-0.39, 0.29) is 0 Å². The Balaban J connectivity index is 2.43. The number of oxazole rings is 1. The molecule has 4 nitrogen and oxygen atoms in total. The van der Waals surface area contributed by atoms with Crippen molar-refractivity contribution in [3.63, 3.8) is 0 Å². The molecule has 0 saturated heterocycles. The van der Waals surface area contributed by atoms with Gasteiger partial charge in [-0.2, -0.15) is 0 Å². The van der Waals surface area contributed by atoms with Gasteiger partial charge in [-0.3, -0.25) is 0 Å². The molecule has 0 unspecified atom stereocenters. The van der Waals surface area contributed by atoms with E-state index in [0.717, 1.165) is 16.7 Å². The maximum absolute atomic E-state index is 5.53. The maximum atomic E-state index is 5.53. The van der Waals surface area contributed by atoms with Gasteiger partial charge < -0.3 is 15.9 Å². The monoisotopic (exact) mass is 191 g/mol. The second-order valence-corrected chi connectivity index (χ2v) is 3.15. The molecular formula is C10H13N3O. The maximum Gasteiger partial charge on any atom is 0.196 e. The van der Waals surface area contributed by atoms with Gasteiger partial charge in [0.05, 0.1) is 0 Å². The summed E-state index contributed by atoms with van der Waals surface area (Å²) in [7, 11) is 0. The summed E-state index contributed by atoms with van der Waals surface area (Å²) < 4.78 is 5.48. The van der Waals surface area contributed by atoms with Gasteiger partial charge in [0.15, 0.2) is 11.5 Å². The quantitative estimate of drug-likeness (QED) is 0.751. The van der Waals surface area contributed by atoms with Crippen molar-refractivity contribution in [2.75, 3.05) is 6.54 Å². The molecule has 0 spiro atoms. The molecule has 2 rings (SSSR count). The predicted molar refractivity (Wildman–Crippen MR) is 54.7 cm³/mol. The third-order valence-electron chi connectivity index (χ3n) is 2.09. The largest absolute Gasteiger partial charge is 0.441 e. The summed E-state index contributed by atoms with van der Waals surface area (Å²) in [5, 5.41) is 0. The minimum absolute atomic E-state index is 0.523. The summed E-state index contributed by atoms with van der Waals surface area (Å²) in [4.78, 5) is 4.31. The van der Waals surface area contributed by atoms with Crippen LogP contribution < -0.4 is 11.5 Å². The SMILES string of the molecule is NCCc1nc2cc(CN)ccc2o1. The molecule has 0 amide bonds. The Bertz CT molecular complexity index is 436. The van der Waals surface area contributed by atoms with Crippen molar-refractivity contribution in [2.45, 2.75) is 13.0 Å². The molecule has 1 aromatic carbocycles. The Hall–Kier alpha value is -1.39. The van der Waals surface area contributed by atoms with Crippen LogP contribution in [0.4, 0.5) is 0 Å². The smallest absolute Gasteiger partial charge is 0.196 e. The van der Waals surface area contributed by atoms with Crippen molar-refractivity contribution in [1.29, 1.82) is 0 Å². The summed E-state index contributed by atoms with van der Waals surface area (Å²) in [6, 6.07) is 5.78. The third-order valence-corrected chi connectivity index (χ3v) is 2.09. The number of benzene rings is 1. The van der Waals surface area contributed by atoms with Crippen LogP contribution in [0.1, 0.15) is 11.5 Å². The van der Waals surface area contributed by atoms with Gasteiger partial charge in [0.1, 0.15) is 5.52 Å². The predicted octanol–water partition coefficient (Wildman–Crippen LogP) is 0.788. The van der Waals surface area contributed by atoms with Gasteiger partial charge in [-0.05, 0) is 17.7 Å². The van der Waals surface area contributed by atoms with Crippen LogP contribution in [0.25, 0.3) is 11.1 Å². The minimum atomic E-state index is 0.523. The summed E-state index contributed by atoms with van der Waals surface area (Å²) in [5.41, 5.74) is 13.7. The highest BCUT2D eigenvalue weighted by Gasteiger charge is 2.04. The molecule has 14 heavy (non-hydrogen) atoms. The normalized spacial score (nSPS) is 11.0. The van der Waals surface area contributed by atoms with Crippen LogP contribution in [0, 0.1) is 0 Å². The molecule has 0 saturated carbocycles. The summed E-state index contributed by atoms with van der Waals surface area (Å²) in [6.45, 7) is 1.07. The van der Waals surface area contributed by atoms with E-state index >= 15 is 0 Å². The lowest BCUT2D eigenvalue weighted by molar-refractivity contribution is 0.531. The Kier molecular flexibility index (Phi) is 2.47. The average Bonchev–Trinajstić information content (AvgIpc) is 2.59. The van der Waals surface area contributed by atoms with Crippen LogP contribution in [-0.4, -0.2) is 11.5 Å². The molecule has 4 N–H and O–H groups in total. The lowest BCUT2D eigenvalue weighted by Gasteiger charge is -1.92. The Morgan fingerprint density at radius 2 is 2.14 bits per heavy atom. The minimum Gasteiger partial charge on any atom is -0.441 e. The lowest BCUT2D eigenvalue weighted by Crippen LogP contribution is -2.02. The first kappa shape index (κ1) is 9.18. The Labute approximate surface area is 81.9 Å². The zero-order chi connectivity index (χ0) is 9.97. The third kappa shape index (κ3) is 1.62. The zero-order valence-corrected chi connectivity index (χ0v) is 7.86. The topological polar surface area (TPSA) is 78.1 Å². The number of hydrogen-bond acceptors (Lipinski definition) is 4. The van der Waals surface area contributed by atoms with Gasteiger partial charge in [-0.25, -0.2) is 4.98 Å². The van der Waals surface area contributed by atoms with Gasteiger partial charge in [0.2, 0.25) is 0 Å². The average molecular weight is 191 g/mol. The fourth-order valence-electron chi connectivity index (χ4n) is 1.38. The van der Waals surface area contributed by atoms with Gasteiger partial charge in [0.25, 0.3) is 0 Å². The van der Waals surface area contributed by atoms with E-state index in [0.29, 0.717) is 25.4 Å². The van der Waals surface area contributed by atoms with Crippen molar-refractivity contribution in [2.24, 2.45) is 11.5 Å². The number of rotatable bonds is 3. The molecule has 0 aliphatic rings. The highest BCUT2D eigenvalue weighted by Crippen LogP contribution is 2.17. The van der Waals surface area contributed by atoms with Crippen LogP contribution in [0.2, 0.25) is 0 Å². The first-order valence-electron chi connectivity index (χ1n) is 4.62. The molecule has 1 heterocycles. The molecule has 1 aromatic heterocycles. The fraction of sp³-hybridized carbons (Fsp3) is 0.300. The van der Waals surface area contributed by atoms with Gasteiger partial charge in [-0.1, -0.05) is 6.07 Å². The van der Waals surface area contributed by atoms with E-state index in [2.05, 4.69) is 4.98 Å². The number of nitrogens with two attached hydrogens (primary N) is 2. The Morgan fingerprint density at radius 1 is 1.29 bits per heavy atom. The van der Waals surface area contributed by atoms with E-state index in [9.17, 15) is 0 Å². The first-order valence-corrected chi connectivity index (χ1v) is 4.62.